The van der Waals surface area contributed by atoms with E-state index < -0.39 is 0 Å². The number of halogens is 2. The van der Waals surface area contributed by atoms with Crippen molar-refractivity contribution in [3.63, 3.8) is 0 Å². The molecule has 0 aromatic rings. The normalized spacial score (nSPS) is 26.4. The number of hydrogen-bond donors (Lipinski definition) is 0. The molecule has 0 bridgehead atoms. The van der Waals surface area contributed by atoms with Crippen molar-refractivity contribution in [2.24, 2.45) is 4.99 Å². The van der Waals surface area contributed by atoms with Gasteiger partial charge in [0.2, 0.25) is 0 Å². The van der Waals surface area contributed by atoms with Gasteiger partial charge in [-0.2, -0.15) is 0 Å². The quantitative estimate of drug-likeness (QED) is 0.486. The van der Waals surface area contributed by atoms with Gasteiger partial charge in [-0.05, 0) is 24.3 Å². The van der Waals surface area contributed by atoms with E-state index >= 15 is 0 Å². The van der Waals surface area contributed by atoms with Crippen molar-refractivity contribution in [3.05, 3.63) is 59.1 Å². The molecule has 2 nitrogen and oxygen atoms in total. The molecule has 4 heteroatoms. The molecule has 1 unspecified atom stereocenters. The lowest BCUT2D eigenvalue weighted by atomic mass is 10.0. The van der Waals surface area contributed by atoms with Crippen LogP contribution in [0.5, 0.6) is 0 Å². The fraction of sp³-hybridized carbons (Fsp3) is 0.0833. The molecule has 0 fully saturated rings. The molecular formula is C12H8ClIN2. The third-order valence-electron chi connectivity index (χ3n) is 2.55. The van der Waals surface area contributed by atoms with Gasteiger partial charge in [-0.3, -0.25) is 0 Å². The highest BCUT2D eigenvalue weighted by Gasteiger charge is 2.24. The molecule has 1 atom stereocenters. The van der Waals surface area contributed by atoms with E-state index in [0.717, 1.165) is 16.6 Å². The van der Waals surface area contributed by atoms with Crippen LogP contribution in [-0.2, 0) is 0 Å². The average Bonchev–Trinajstić information content (AvgIpc) is 2.27. The summed E-state index contributed by atoms with van der Waals surface area (Å²) in [5.74, 6) is 0.937. The molecule has 2 aliphatic heterocycles. The summed E-state index contributed by atoms with van der Waals surface area (Å²) in [5, 5.41) is 0.764. The van der Waals surface area contributed by atoms with Crippen molar-refractivity contribution in [1.82, 2.24) is 4.90 Å². The highest BCUT2D eigenvalue weighted by Crippen LogP contribution is 2.34. The maximum atomic E-state index is 6.04. The van der Waals surface area contributed by atoms with Gasteiger partial charge in [-0.25, -0.2) is 4.99 Å². The monoisotopic (exact) mass is 342 g/mol. The van der Waals surface area contributed by atoms with Gasteiger partial charge in [0, 0.05) is 23.0 Å². The van der Waals surface area contributed by atoms with Crippen LogP contribution in [-0.4, -0.2) is 14.7 Å². The van der Waals surface area contributed by atoms with Crippen LogP contribution in [0.15, 0.2) is 64.1 Å². The molecule has 2 heterocycles. The molecule has 0 aromatic carbocycles. The van der Waals surface area contributed by atoms with Crippen molar-refractivity contribution in [2.45, 2.75) is 3.92 Å². The molecule has 80 valence electrons. The van der Waals surface area contributed by atoms with Gasteiger partial charge < -0.3 is 4.90 Å². The van der Waals surface area contributed by atoms with Crippen molar-refractivity contribution >= 4 is 40.0 Å². The molecule has 0 N–H and O–H groups in total. The standard InChI is InChI=1S/C12H8ClIN2/c13-8-5-10(14)9-7-16-4-2-1-3-12(16)15-11(9)6-8/h1-7,10H. The smallest absolute Gasteiger partial charge is 0.137 e. The van der Waals surface area contributed by atoms with Crippen LogP contribution < -0.4 is 0 Å². The van der Waals surface area contributed by atoms with E-state index in [4.69, 9.17) is 11.6 Å². The van der Waals surface area contributed by atoms with E-state index in [1.807, 2.05) is 41.5 Å². The van der Waals surface area contributed by atoms with Gasteiger partial charge in [0.1, 0.15) is 5.84 Å². The molecule has 16 heavy (non-hydrogen) atoms. The minimum atomic E-state index is 0.287. The Morgan fingerprint density at radius 1 is 1.38 bits per heavy atom. The third kappa shape index (κ3) is 1.68. The minimum Gasteiger partial charge on any atom is -0.308 e. The van der Waals surface area contributed by atoms with Crippen LogP contribution >= 0.6 is 34.2 Å². The summed E-state index contributed by atoms with van der Waals surface area (Å²) in [5.41, 5.74) is 2.17. The summed E-state index contributed by atoms with van der Waals surface area (Å²) in [6.45, 7) is 0. The van der Waals surface area contributed by atoms with Crippen LogP contribution in [0.1, 0.15) is 0 Å². The van der Waals surface area contributed by atoms with Gasteiger partial charge in [-0.1, -0.05) is 40.3 Å². The summed E-state index contributed by atoms with van der Waals surface area (Å²) >= 11 is 8.41. The summed E-state index contributed by atoms with van der Waals surface area (Å²) in [6.07, 6.45) is 14.0. The van der Waals surface area contributed by atoms with Gasteiger partial charge in [-0.15, -0.1) is 0 Å². The van der Waals surface area contributed by atoms with E-state index in [0.29, 0.717) is 0 Å². The summed E-state index contributed by atoms with van der Waals surface area (Å²) < 4.78 is 0.287. The lowest BCUT2D eigenvalue weighted by Gasteiger charge is -2.28. The van der Waals surface area contributed by atoms with Crippen molar-refractivity contribution in [1.29, 1.82) is 0 Å². The van der Waals surface area contributed by atoms with Crippen molar-refractivity contribution in [2.75, 3.05) is 0 Å². The maximum Gasteiger partial charge on any atom is 0.137 e. The van der Waals surface area contributed by atoms with Gasteiger partial charge >= 0.3 is 0 Å². The molecule has 3 aliphatic rings. The predicted molar refractivity (Wildman–Crippen MR) is 75.5 cm³/mol. The lowest BCUT2D eigenvalue weighted by Crippen LogP contribution is -2.26. The molecule has 0 amide bonds. The topological polar surface area (TPSA) is 15.6 Å². The summed E-state index contributed by atoms with van der Waals surface area (Å²) in [6, 6.07) is 0. The Kier molecular flexibility index (Phi) is 2.52. The Labute approximate surface area is 113 Å². The van der Waals surface area contributed by atoms with E-state index in [1.165, 1.54) is 5.57 Å². The number of amidine groups is 1. The van der Waals surface area contributed by atoms with Crippen LogP contribution in [0.2, 0.25) is 0 Å². The minimum absolute atomic E-state index is 0.287. The number of allylic oxidation sites excluding steroid dienone is 6. The zero-order chi connectivity index (χ0) is 11.1. The lowest BCUT2D eigenvalue weighted by molar-refractivity contribution is 0.730. The Morgan fingerprint density at radius 2 is 2.25 bits per heavy atom. The molecular weight excluding hydrogens is 335 g/mol. The number of hydrogen-bond acceptors (Lipinski definition) is 2. The Bertz CT molecular complexity index is 523. The fourth-order valence-electron chi connectivity index (χ4n) is 1.79. The fourth-order valence-corrected chi connectivity index (χ4v) is 3.10. The highest BCUT2D eigenvalue weighted by molar-refractivity contribution is 14.1. The summed E-state index contributed by atoms with van der Waals surface area (Å²) in [7, 11) is 0. The molecule has 0 aromatic heterocycles. The molecule has 0 radical (unpaired) electrons. The molecule has 3 rings (SSSR count). The second kappa shape index (κ2) is 3.89. The molecule has 0 saturated carbocycles. The molecule has 0 spiro atoms. The van der Waals surface area contributed by atoms with E-state index in [-0.39, 0.29) is 3.92 Å². The molecule has 1 aliphatic carbocycles. The largest absolute Gasteiger partial charge is 0.308 e. The Balaban J connectivity index is 2.09. The van der Waals surface area contributed by atoms with E-state index in [9.17, 15) is 0 Å². The second-order valence-electron chi connectivity index (χ2n) is 3.65. The van der Waals surface area contributed by atoms with E-state index in [1.54, 1.807) is 0 Å². The SMILES string of the molecule is ClC1=CC(I)C2=CN3C=CC=CC3=NC2=C1. The Hall–Kier alpha value is -0.810. The number of nitrogens with zero attached hydrogens (tertiary/aromatic N) is 2. The summed E-state index contributed by atoms with van der Waals surface area (Å²) in [4.78, 5) is 6.63. The zero-order valence-corrected chi connectivity index (χ0v) is 11.2. The highest BCUT2D eigenvalue weighted by atomic mass is 127. The third-order valence-corrected chi connectivity index (χ3v) is 3.82. The van der Waals surface area contributed by atoms with Gasteiger partial charge in [0.25, 0.3) is 0 Å². The number of aliphatic imine (C=N–C) groups is 1. The van der Waals surface area contributed by atoms with Crippen LogP contribution in [0, 0.1) is 0 Å². The van der Waals surface area contributed by atoms with E-state index in [2.05, 4.69) is 33.8 Å². The Morgan fingerprint density at radius 3 is 3.12 bits per heavy atom. The second-order valence-corrected chi connectivity index (χ2v) is 5.42. The van der Waals surface area contributed by atoms with Crippen LogP contribution in [0.3, 0.4) is 0 Å². The van der Waals surface area contributed by atoms with Crippen LogP contribution in [0.25, 0.3) is 0 Å². The number of fused-ring (bicyclic) bond motifs is 2. The average molecular weight is 343 g/mol. The number of alkyl halides is 1. The first-order valence-electron chi connectivity index (χ1n) is 4.91. The zero-order valence-electron chi connectivity index (χ0n) is 8.27. The molecule has 0 saturated heterocycles. The van der Waals surface area contributed by atoms with Crippen LogP contribution in [0.4, 0.5) is 0 Å². The number of rotatable bonds is 0. The van der Waals surface area contributed by atoms with Gasteiger partial charge in [0.15, 0.2) is 0 Å². The van der Waals surface area contributed by atoms with Gasteiger partial charge in [0.05, 0.1) is 9.62 Å². The maximum absolute atomic E-state index is 6.04. The first-order chi connectivity index (χ1) is 7.74. The van der Waals surface area contributed by atoms with Crippen molar-refractivity contribution in [3.8, 4) is 0 Å². The predicted octanol–water partition coefficient (Wildman–Crippen LogP) is 3.49. The first kappa shape index (κ1) is 10.4. The van der Waals surface area contributed by atoms with Crippen molar-refractivity contribution < 1.29 is 0 Å². The first-order valence-corrected chi connectivity index (χ1v) is 6.53.